The van der Waals surface area contributed by atoms with Crippen molar-refractivity contribution in [2.24, 2.45) is 0 Å². The maximum absolute atomic E-state index is 13.2. The summed E-state index contributed by atoms with van der Waals surface area (Å²) in [7, 11) is 0. The standard InChI is InChI=1S/C26H23N3O6/c1-16(2)35-21-10-8-18(9-11-21)24(30)22-23(19-6-3-7-20(13-19)29(33)34)28(26(32)25(22)31)15-17-5-4-12-27-14-17/h3-14,16,23,30H,15H2,1-2H3/t23-/m0/s1. The lowest BCUT2D eigenvalue weighted by atomic mass is 9.95. The number of carbonyl (C=O) groups is 2. The van der Waals surface area contributed by atoms with Crippen LogP contribution < -0.4 is 4.74 Å². The van der Waals surface area contributed by atoms with Gasteiger partial charge in [-0.15, -0.1) is 0 Å². The van der Waals surface area contributed by atoms with Gasteiger partial charge < -0.3 is 14.7 Å². The largest absolute Gasteiger partial charge is 0.507 e. The Kier molecular flexibility index (Phi) is 6.59. The molecule has 2 heterocycles. The molecule has 0 unspecified atom stereocenters. The van der Waals surface area contributed by atoms with Crippen LogP contribution in [0.2, 0.25) is 0 Å². The number of carbonyl (C=O) groups excluding carboxylic acids is 2. The first-order valence-electron chi connectivity index (χ1n) is 10.9. The Bertz CT molecular complexity index is 1300. The Morgan fingerprint density at radius 2 is 1.89 bits per heavy atom. The molecule has 1 aliphatic rings. The van der Waals surface area contributed by atoms with Gasteiger partial charge >= 0.3 is 0 Å². The van der Waals surface area contributed by atoms with E-state index < -0.39 is 22.7 Å². The summed E-state index contributed by atoms with van der Waals surface area (Å²) in [5, 5.41) is 22.6. The SMILES string of the molecule is CC(C)Oc1ccc(C(O)=C2C(=O)C(=O)N(Cc3cccnc3)[C@H]2c2cccc([N+](=O)[O-])c2)cc1. The lowest BCUT2D eigenvalue weighted by Crippen LogP contribution is -2.29. The molecule has 0 saturated carbocycles. The molecule has 0 aliphatic carbocycles. The van der Waals surface area contributed by atoms with Gasteiger partial charge in [-0.05, 0) is 55.3 Å². The fourth-order valence-corrected chi connectivity index (χ4v) is 4.01. The molecular weight excluding hydrogens is 450 g/mol. The molecule has 2 aromatic carbocycles. The average Bonchev–Trinajstić information content (AvgIpc) is 3.09. The summed E-state index contributed by atoms with van der Waals surface area (Å²) in [5.74, 6) is -1.47. The van der Waals surface area contributed by atoms with Crippen LogP contribution >= 0.6 is 0 Å². The van der Waals surface area contributed by atoms with Crippen molar-refractivity contribution in [3.8, 4) is 5.75 Å². The number of amides is 1. The van der Waals surface area contributed by atoms with Crippen molar-refractivity contribution in [2.45, 2.75) is 32.5 Å². The van der Waals surface area contributed by atoms with Crippen molar-refractivity contribution in [3.05, 3.63) is 105 Å². The van der Waals surface area contributed by atoms with Crippen LogP contribution in [0.4, 0.5) is 5.69 Å². The van der Waals surface area contributed by atoms with Crippen molar-refractivity contribution >= 4 is 23.1 Å². The highest BCUT2D eigenvalue weighted by molar-refractivity contribution is 6.46. The molecule has 0 spiro atoms. The Morgan fingerprint density at radius 3 is 2.51 bits per heavy atom. The van der Waals surface area contributed by atoms with Crippen LogP contribution in [0.3, 0.4) is 0 Å². The van der Waals surface area contributed by atoms with Crippen molar-refractivity contribution in [3.63, 3.8) is 0 Å². The zero-order valence-electron chi connectivity index (χ0n) is 19.1. The summed E-state index contributed by atoms with van der Waals surface area (Å²) in [4.78, 5) is 42.4. The number of nitro benzene ring substituents is 1. The molecule has 1 amide bonds. The van der Waals surface area contributed by atoms with E-state index in [4.69, 9.17) is 4.74 Å². The first kappa shape index (κ1) is 23.6. The Labute approximate surface area is 201 Å². The third-order valence-electron chi connectivity index (χ3n) is 5.51. The topological polar surface area (TPSA) is 123 Å². The number of hydrogen-bond acceptors (Lipinski definition) is 7. The second kappa shape index (κ2) is 9.76. The molecule has 1 saturated heterocycles. The van der Waals surface area contributed by atoms with Gasteiger partial charge in [-0.25, -0.2) is 0 Å². The average molecular weight is 473 g/mol. The molecular formula is C26H23N3O6. The van der Waals surface area contributed by atoms with E-state index in [2.05, 4.69) is 4.98 Å². The minimum atomic E-state index is -1.03. The molecule has 178 valence electrons. The number of hydrogen-bond donors (Lipinski definition) is 1. The minimum absolute atomic E-state index is 0.0315. The fourth-order valence-electron chi connectivity index (χ4n) is 4.01. The first-order chi connectivity index (χ1) is 16.8. The molecule has 1 atom stereocenters. The van der Waals surface area contributed by atoms with Gasteiger partial charge in [-0.3, -0.25) is 24.7 Å². The predicted octanol–water partition coefficient (Wildman–Crippen LogP) is 4.40. The number of likely N-dealkylation sites (tertiary alicyclic amines) is 1. The van der Waals surface area contributed by atoms with E-state index >= 15 is 0 Å². The van der Waals surface area contributed by atoms with Crippen LogP contribution in [0.15, 0.2) is 78.6 Å². The Balaban J connectivity index is 1.83. The van der Waals surface area contributed by atoms with Crippen molar-refractivity contribution in [1.29, 1.82) is 0 Å². The van der Waals surface area contributed by atoms with Crippen LogP contribution in [-0.2, 0) is 16.1 Å². The van der Waals surface area contributed by atoms with Crippen molar-refractivity contribution < 1.29 is 24.4 Å². The van der Waals surface area contributed by atoms with Crippen LogP contribution in [0, 0.1) is 10.1 Å². The van der Waals surface area contributed by atoms with Gasteiger partial charge in [0.05, 0.1) is 22.6 Å². The highest BCUT2D eigenvalue weighted by Crippen LogP contribution is 2.41. The number of nitrogens with zero attached hydrogens (tertiary/aromatic N) is 3. The van der Waals surface area contributed by atoms with Gasteiger partial charge in [0.25, 0.3) is 17.4 Å². The predicted molar refractivity (Wildman–Crippen MR) is 127 cm³/mol. The lowest BCUT2D eigenvalue weighted by Gasteiger charge is -2.25. The normalized spacial score (nSPS) is 17.1. The molecule has 4 rings (SSSR count). The van der Waals surface area contributed by atoms with Crippen LogP contribution in [-0.4, -0.2) is 37.7 Å². The van der Waals surface area contributed by atoms with Crippen molar-refractivity contribution in [1.82, 2.24) is 9.88 Å². The second-order valence-electron chi connectivity index (χ2n) is 8.33. The fraction of sp³-hybridized carbons (Fsp3) is 0.192. The number of ketones is 1. The van der Waals surface area contributed by atoms with Gasteiger partial charge in [0.1, 0.15) is 11.5 Å². The highest BCUT2D eigenvalue weighted by Gasteiger charge is 2.46. The maximum Gasteiger partial charge on any atom is 0.295 e. The number of nitro groups is 1. The number of Topliss-reactive ketones (excluding diaryl/α,β-unsaturated/α-hetero) is 1. The van der Waals surface area contributed by atoms with E-state index in [-0.39, 0.29) is 29.7 Å². The van der Waals surface area contributed by atoms with Crippen molar-refractivity contribution in [2.75, 3.05) is 0 Å². The molecule has 1 aromatic heterocycles. The van der Waals surface area contributed by atoms with E-state index in [0.717, 1.165) is 0 Å². The smallest absolute Gasteiger partial charge is 0.295 e. The van der Waals surface area contributed by atoms with E-state index in [1.807, 2.05) is 13.8 Å². The Morgan fingerprint density at radius 1 is 1.14 bits per heavy atom. The monoisotopic (exact) mass is 473 g/mol. The number of aromatic nitrogens is 1. The highest BCUT2D eigenvalue weighted by atomic mass is 16.6. The number of aliphatic hydroxyl groups excluding tert-OH is 1. The van der Waals surface area contributed by atoms with Gasteiger partial charge in [-0.2, -0.15) is 0 Å². The molecule has 9 heteroatoms. The molecule has 1 fully saturated rings. The Hall–Kier alpha value is -4.53. The molecule has 1 N–H and O–H groups in total. The molecule has 35 heavy (non-hydrogen) atoms. The molecule has 0 radical (unpaired) electrons. The summed E-state index contributed by atoms with van der Waals surface area (Å²) in [6.07, 6.45) is 3.11. The summed E-state index contributed by atoms with van der Waals surface area (Å²) in [6.45, 7) is 3.80. The zero-order valence-corrected chi connectivity index (χ0v) is 19.1. The quantitative estimate of drug-likeness (QED) is 0.177. The van der Waals surface area contributed by atoms with E-state index in [0.29, 0.717) is 22.4 Å². The maximum atomic E-state index is 13.2. The third kappa shape index (κ3) is 4.89. The summed E-state index contributed by atoms with van der Waals surface area (Å²) in [5.41, 5.74) is 0.987. The number of non-ortho nitro benzene ring substituents is 1. The number of aliphatic hydroxyl groups is 1. The number of pyridine rings is 1. The van der Waals surface area contributed by atoms with Gasteiger partial charge in [0.2, 0.25) is 0 Å². The van der Waals surface area contributed by atoms with E-state index in [9.17, 15) is 24.8 Å². The van der Waals surface area contributed by atoms with E-state index in [1.54, 1.807) is 54.9 Å². The second-order valence-corrected chi connectivity index (χ2v) is 8.33. The van der Waals surface area contributed by atoms with Crippen LogP contribution in [0.1, 0.15) is 36.6 Å². The summed E-state index contributed by atoms with van der Waals surface area (Å²) in [6, 6.07) is 14.6. The lowest BCUT2D eigenvalue weighted by molar-refractivity contribution is -0.384. The molecule has 9 nitrogen and oxygen atoms in total. The van der Waals surface area contributed by atoms with Gasteiger partial charge in [0, 0.05) is 36.6 Å². The molecule has 0 bridgehead atoms. The van der Waals surface area contributed by atoms with Crippen LogP contribution in [0.5, 0.6) is 5.75 Å². The first-order valence-corrected chi connectivity index (χ1v) is 10.9. The number of ether oxygens (including phenoxy) is 1. The number of benzene rings is 2. The third-order valence-corrected chi connectivity index (χ3v) is 5.51. The summed E-state index contributed by atoms with van der Waals surface area (Å²) >= 11 is 0. The van der Waals surface area contributed by atoms with Crippen LogP contribution in [0.25, 0.3) is 5.76 Å². The molecule has 1 aliphatic heterocycles. The van der Waals surface area contributed by atoms with E-state index in [1.165, 1.54) is 23.1 Å². The number of rotatable bonds is 7. The van der Waals surface area contributed by atoms with Gasteiger partial charge in [-0.1, -0.05) is 18.2 Å². The summed E-state index contributed by atoms with van der Waals surface area (Å²) < 4.78 is 5.63. The molecule has 3 aromatic rings. The van der Waals surface area contributed by atoms with Gasteiger partial charge in [0.15, 0.2) is 0 Å². The minimum Gasteiger partial charge on any atom is -0.507 e. The zero-order chi connectivity index (χ0) is 25.1.